The van der Waals surface area contributed by atoms with Gasteiger partial charge in [-0.25, -0.2) is 4.79 Å². The Labute approximate surface area is 215 Å². The summed E-state index contributed by atoms with van der Waals surface area (Å²) in [6, 6.07) is 21.5. The number of ether oxygens (including phenoxy) is 2. The average molecular weight is 539 g/mol. The lowest BCUT2D eigenvalue weighted by Crippen LogP contribution is -2.37. The van der Waals surface area contributed by atoms with Crippen LogP contribution < -0.4 is 15.8 Å². The summed E-state index contributed by atoms with van der Waals surface area (Å²) >= 11 is 3.41. The van der Waals surface area contributed by atoms with Gasteiger partial charge in [-0.2, -0.15) is 0 Å². The van der Waals surface area contributed by atoms with Crippen LogP contribution in [0.1, 0.15) is 42.9 Å². The van der Waals surface area contributed by atoms with Crippen LogP contribution in [0.3, 0.4) is 0 Å². The maximum Gasteiger partial charge on any atom is 0.514 e. The van der Waals surface area contributed by atoms with E-state index in [-0.39, 0.29) is 12.5 Å². The summed E-state index contributed by atoms with van der Waals surface area (Å²) in [5, 5.41) is 2.87. The zero-order chi connectivity index (χ0) is 25.0. The predicted octanol–water partition coefficient (Wildman–Crippen LogP) is 6.41. The number of carbonyl (C=O) groups excluding carboxylic acids is 2. The second-order valence-electron chi connectivity index (χ2n) is 8.33. The second kappa shape index (κ2) is 13.7. The highest BCUT2D eigenvalue weighted by atomic mass is 79.9. The fourth-order valence-corrected chi connectivity index (χ4v) is 3.89. The average Bonchev–Trinajstić information content (AvgIpc) is 2.86. The van der Waals surface area contributed by atoms with Gasteiger partial charge in [-0.1, -0.05) is 78.2 Å². The molecule has 0 aliphatic rings. The summed E-state index contributed by atoms with van der Waals surface area (Å²) in [5.41, 5.74) is 9.80. The molecular formula is C28H31BrN2O4. The van der Waals surface area contributed by atoms with Crippen molar-refractivity contribution in [3.63, 3.8) is 0 Å². The third-order valence-electron chi connectivity index (χ3n) is 5.51. The van der Waals surface area contributed by atoms with Crippen LogP contribution in [0.4, 0.5) is 10.5 Å². The van der Waals surface area contributed by atoms with Crippen molar-refractivity contribution in [2.75, 3.05) is 5.32 Å². The molecule has 3 aromatic carbocycles. The Morgan fingerprint density at radius 1 is 0.943 bits per heavy atom. The Hall–Kier alpha value is -3.16. The first-order chi connectivity index (χ1) is 16.9. The molecule has 0 saturated carbocycles. The van der Waals surface area contributed by atoms with E-state index in [1.807, 2.05) is 48.5 Å². The molecule has 35 heavy (non-hydrogen) atoms. The molecule has 7 heteroatoms. The molecule has 0 bridgehead atoms. The lowest BCUT2D eigenvalue weighted by Gasteiger charge is -2.13. The molecule has 0 aliphatic heterocycles. The molecule has 0 saturated heterocycles. The van der Waals surface area contributed by atoms with E-state index in [9.17, 15) is 9.59 Å². The lowest BCUT2D eigenvalue weighted by atomic mass is 10.1. The van der Waals surface area contributed by atoms with Gasteiger partial charge in [0.2, 0.25) is 5.91 Å². The van der Waals surface area contributed by atoms with Crippen molar-refractivity contribution in [1.29, 1.82) is 0 Å². The van der Waals surface area contributed by atoms with E-state index in [0.717, 1.165) is 27.7 Å². The first-order valence-corrected chi connectivity index (χ1v) is 12.6. The Balaban J connectivity index is 1.44. The largest absolute Gasteiger partial charge is 0.514 e. The molecule has 184 valence electrons. The first-order valence-electron chi connectivity index (χ1n) is 11.8. The molecule has 1 amide bonds. The van der Waals surface area contributed by atoms with Crippen LogP contribution in [0.5, 0.6) is 5.75 Å². The summed E-state index contributed by atoms with van der Waals surface area (Å²) in [6.07, 6.45) is 4.19. The zero-order valence-corrected chi connectivity index (χ0v) is 21.4. The van der Waals surface area contributed by atoms with Crippen LogP contribution in [0.25, 0.3) is 0 Å². The van der Waals surface area contributed by atoms with Crippen molar-refractivity contribution in [3.05, 3.63) is 94.0 Å². The van der Waals surface area contributed by atoms with E-state index >= 15 is 0 Å². The maximum atomic E-state index is 12.5. The van der Waals surface area contributed by atoms with Gasteiger partial charge < -0.3 is 20.5 Å². The molecule has 0 spiro atoms. The molecule has 0 heterocycles. The number of aryl methyl sites for hydroxylation is 1. The predicted molar refractivity (Wildman–Crippen MR) is 141 cm³/mol. The van der Waals surface area contributed by atoms with E-state index < -0.39 is 12.2 Å². The molecule has 3 aromatic rings. The van der Waals surface area contributed by atoms with Gasteiger partial charge in [0.1, 0.15) is 12.4 Å². The number of halogens is 1. The van der Waals surface area contributed by atoms with E-state index in [2.05, 4.69) is 28.2 Å². The molecule has 3 rings (SSSR count). The van der Waals surface area contributed by atoms with Crippen LogP contribution in [0.2, 0.25) is 0 Å². The normalized spacial score (nSPS) is 11.5. The minimum absolute atomic E-state index is 0.101. The SMILES string of the molecule is CCCCCc1ccc(NC(=O)[C@@H](N)Cc2ccc(OC(=O)OCc3ccccc3Br)cc2)cc1. The second-order valence-corrected chi connectivity index (χ2v) is 9.18. The Kier molecular flexibility index (Phi) is 10.3. The van der Waals surface area contributed by atoms with Gasteiger partial charge >= 0.3 is 6.16 Å². The smallest absolute Gasteiger partial charge is 0.429 e. The third kappa shape index (κ3) is 8.85. The highest BCUT2D eigenvalue weighted by molar-refractivity contribution is 9.10. The zero-order valence-electron chi connectivity index (χ0n) is 19.8. The molecular weight excluding hydrogens is 508 g/mol. The quantitative estimate of drug-likeness (QED) is 0.167. The number of hydrogen-bond donors (Lipinski definition) is 2. The first kappa shape index (κ1) is 26.4. The van der Waals surface area contributed by atoms with E-state index in [4.69, 9.17) is 15.2 Å². The Morgan fingerprint density at radius 2 is 1.63 bits per heavy atom. The minimum Gasteiger partial charge on any atom is -0.429 e. The highest BCUT2D eigenvalue weighted by Crippen LogP contribution is 2.18. The number of unbranched alkanes of at least 4 members (excludes halogenated alkanes) is 2. The summed E-state index contributed by atoms with van der Waals surface area (Å²) < 4.78 is 11.2. The molecule has 6 nitrogen and oxygen atoms in total. The standard InChI is InChI=1S/C28H31BrN2O4/c1-2-3-4-7-20-10-14-23(15-11-20)31-27(32)26(30)18-21-12-16-24(17-13-21)35-28(33)34-19-22-8-5-6-9-25(22)29/h5-6,8-17,26H,2-4,7,18-19,30H2,1H3,(H,31,32)/t26-/m0/s1. The Morgan fingerprint density at radius 3 is 2.31 bits per heavy atom. The maximum absolute atomic E-state index is 12.5. The fraction of sp³-hybridized carbons (Fsp3) is 0.286. The van der Waals surface area contributed by atoms with E-state index in [1.165, 1.54) is 24.8 Å². The van der Waals surface area contributed by atoms with E-state index in [0.29, 0.717) is 12.2 Å². The lowest BCUT2D eigenvalue weighted by molar-refractivity contribution is -0.117. The van der Waals surface area contributed by atoms with Gasteiger partial charge in [0.15, 0.2) is 0 Å². The summed E-state index contributed by atoms with van der Waals surface area (Å²) in [4.78, 5) is 24.5. The van der Waals surface area contributed by atoms with Crippen molar-refractivity contribution in [3.8, 4) is 5.75 Å². The molecule has 0 fully saturated rings. The number of carbonyl (C=O) groups is 2. The van der Waals surface area contributed by atoms with Crippen molar-refractivity contribution < 1.29 is 19.1 Å². The summed E-state index contributed by atoms with van der Waals surface area (Å²) in [7, 11) is 0. The number of rotatable bonds is 11. The van der Waals surface area contributed by atoms with Crippen molar-refractivity contribution in [2.45, 2.75) is 51.7 Å². The van der Waals surface area contributed by atoms with Crippen LogP contribution in [-0.2, 0) is 29.0 Å². The van der Waals surface area contributed by atoms with Crippen molar-refractivity contribution in [1.82, 2.24) is 0 Å². The molecule has 0 unspecified atom stereocenters. The minimum atomic E-state index is -0.791. The number of nitrogens with one attached hydrogen (secondary N) is 1. The number of benzene rings is 3. The van der Waals surface area contributed by atoms with Crippen LogP contribution in [0, 0.1) is 0 Å². The van der Waals surface area contributed by atoms with E-state index in [1.54, 1.807) is 24.3 Å². The molecule has 3 N–H and O–H groups in total. The number of nitrogens with two attached hydrogens (primary N) is 1. The van der Waals surface area contributed by atoms with Gasteiger partial charge in [-0.15, -0.1) is 0 Å². The Bertz CT molecular complexity index is 1100. The van der Waals surface area contributed by atoms with Gasteiger partial charge in [-0.3, -0.25) is 4.79 Å². The molecule has 0 aliphatic carbocycles. The topological polar surface area (TPSA) is 90.7 Å². The van der Waals surface area contributed by atoms with Crippen LogP contribution in [0.15, 0.2) is 77.3 Å². The fourth-order valence-electron chi connectivity index (χ4n) is 3.49. The summed E-state index contributed by atoms with van der Waals surface area (Å²) in [5.74, 6) is 0.0997. The van der Waals surface area contributed by atoms with Gasteiger partial charge in [0.25, 0.3) is 0 Å². The third-order valence-corrected chi connectivity index (χ3v) is 6.28. The van der Waals surface area contributed by atoms with Gasteiger partial charge in [-0.05, 0) is 60.7 Å². The van der Waals surface area contributed by atoms with Crippen molar-refractivity contribution >= 4 is 33.7 Å². The molecule has 0 radical (unpaired) electrons. The summed E-state index contributed by atoms with van der Waals surface area (Å²) in [6.45, 7) is 2.29. The molecule has 1 atom stereocenters. The van der Waals surface area contributed by atoms with Gasteiger partial charge in [0.05, 0.1) is 6.04 Å². The monoisotopic (exact) mass is 538 g/mol. The van der Waals surface area contributed by atoms with Crippen LogP contribution in [-0.4, -0.2) is 18.1 Å². The number of hydrogen-bond acceptors (Lipinski definition) is 5. The number of amides is 1. The van der Waals surface area contributed by atoms with Crippen LogP contribution >= 0.6 is 15.9 Å². The number of anilines is 1. The molecule has 0 aromatic heterocycles. The van der Waals surface area contributed by atoms with Crippen molar-refractivity contribution in [2.24, 2.45) is 5.73 Å². The highest BCUT2D eigenvalue weighted by Gasteiger charge is 2.15. The van der Waals surface area contributed by atoms with Gasteiger partial charge in [0, 0.05) is 15.7 Å².